The van der Waals surface area contributed by atoms with Crippen molar-refractivity contribution in [2.24, 2.45) is 0 Å². The number of hydrogen-bond donors (Lipinski definition) is 0. The van der Waals surface area contributed by atoms with Crippen LogP contribution >= 0.6 is 15.9 Å². The maximum absolute atomic E-state index is 13.3. The molecule has 13 heavy (non-hydrogen) atoms. The molecule has 0 aliphatic carbocycles. The highest BCUT2D eigenvalue weighted by molar-refractivity contribution is 9.10. The van der Waals surface area contributed by atoms with E-state index >= 15 is 0 Å². The van der Waals surface area contributed by atoms with Crippen LogP contribution in [0.25, 0.3) is 11.0 Å². The summed E-state index contributed by atoms with van der Waals surface area (Å²) in [6.45, 7) is 0. The Morgan fingerprint density at radius 1 is 1.54 bits per heavy atom. The highest BCUT2D eigenvalue weighted by Crippen LogP contribution is 2.29. The van der Waals surface area contributed by atoms with E-state index in [0.29, 0.717) is 21.3 Å². The van der Waals surface area contributed by atoms with Crippen LogP contribution in [0.4, 0.5) is 4.39 Å². The zero-order valence-electron chi connectivity index (χ0n) is 6.67. The van der Waals surface area contributed by atoms with E-state index in [0.717, 1.165) is 0 Å². The molecule has 0 aliphatic rings. The van der Waals surface area contributed by atoms with Gasteiger partial charge in [0.15, 0.2) is 10.2 Å². The molecule has 1 aromatic heterocycles. The second-order valence-electron chi connectivity index (χ2n) is 2.46. The Hall–Kier alpha value is -1.10. The Morgan fingerprint density at radius 2 is 2.31 bits per heavy atom. The quantitative estimate of drug-likeness (QED) is 0.775. The third-order valence-electron chi connectivity index (χ3n) is 1.69. The van der Waals surface area contributed by atoms with Crippen molar-refractivity contribution in [2.45, 2.75) is 0 Å². The molecule has 1 heterocycles. The van der Waals surface area contributed by atoms with Crippen molar-refractivity contribution in [2.75, 3.05) is 7.11 Å². The van der Waals surface area contributed by atoms with Gasteiger partial charge in [-0.25, -0.2) is 4.39 Å². The van der Waals surface area contributed by atoms with E-state index < -0.39 is 5.82 Å². The summed E-state index contributed by atoms with van der Waals surface area (Å²) in [6.07, 6.45) is 0. The first-order valence-electron chi connectivity index (χ1n) is 3.51. The molecule has 0 unspecified atom stereocenters. The second-order valence-corrected chi connectivity index (χ2v) is 3.21. The van der Waals surface area contributed by atoms with Gasteiger partial charge in [-0.15, -0.1) is 0 Å². The minimum atomic E-state index is -0.414. The molecule has 0 saturated heterocycles. The number of ether oxygens (including phenoxy) is 1. The average Bonchev–Trinajstić information content (AvgIpc) is 2.48. The molecule has 2 aromatic rings. The molecule has 2 rings (SSSR count). The van der Waals surface area contributed by atoms with Crippen molar-refractivity contribution in [3.05, 3.63) is 22.6 Å². The van der Waals surface area contributed by atoms with Crippen molar-refractivity contribution < 1.29 is 13.7 Å². The van der Waals surface area contributed by atoms with Crippen LogP contribution in [0.5, 0.6) is 5.75 Å². The molecule has 0 aliphatic heterocycles. The van der Waals surface area contributed by atoms with Gasteiger partial charge in [0.2, 0.25) is 0 Å². The molecule has 0 radical (unpaired) electrons. The van der Waals surface area contributed by atoms with Crippen molar-refractivity contribution >= 4 is 26.9 Å². The van der Waals surface area contributed by atoms with Gasteiger partial charge >= 0.3 is 0 Å². The first-order chi connectivity index (χ1) is 6.22. The summed E-state index contributed by atoms with van der Waals surface area (Å²) in [4.78, 5) is 0. The van der Waals surface area contributed by atoms with Crippen LogP contribution in [0.3, 0.4) is 0 Å². The predicted octanol–water partition coefficient (Wildman–Crippen LogP) is 2.74. The predicted molar refractivity (Wildman–Crippen MR) is 48.2 cm³/mol. The van der Waals surface area contributed by atoms with Crippen LogP contribution in [0.2, 0.25) is 0 Å². The van der Waals surface area contributed by atoms with Gasteiger partial charge in [0.1, 0.15) is 11.6 Å². The zero-order chi connectivity index (χ0) is 9.42. The number of fused-ring (bicyclic) bond motifs is 1. The second kappa shape index (κ2) is 2.99. The van der Waals surface area contributed by atoms with Crippen molar-refractivity contribution in [3.63, 3.8) is 0 Å². The monoisotopic (exact) mass is 245 g/mol. The Balaban J connectivity index is 2.79. The fourth-order valence-corrected chi connectivity index (χ4v) is 1.54. The van der Waals surface area contributed by atoms with Crippen molar-refractivity contribution in [1.82, 2.24) is 5.16 Å². The first-order valence-corrected chi connectivity index (χ1v) is 4.30. The van der Waals surface area contributed by atoms with Crippen LogP contribution in [0.1, 0.15) is 0 Å². The van der Waals surface area contributed by atoms with Crippen LogP contribution in [0.15, 0.2) is 21.3 Å². The number of rotatable bonds is 1. The van der Waals surface area contributed by atoms with E-state index in [9.17, 15) is 4.39 Å². The molecular formula is C8H5BrFNO2. The summed E-state index contributed by atoms with van der Waals surface area (Å²) in [7, 11) is 1.46. The molecule has 3 nitrogen and oxygen atoms in total. The summed E-state index contributed by atoms with van der Waals surface area (Å²) in [6, 6.07) is 2.86. The molecule has 0 atom stereocenters. The standard InChI is InChI=1S/C8H5BrFNO2/c1-12-4-2-5(10)7-6(3-4)13-11-8(7)9/h2-3H,1H3. The summed E-state index contributed by atoms with van der Waals surface area (Å²) < 4.78 is 23.4. The van der Waals surface area contributed by atoms with Gasteiger partial charge in [0.05, 0.1) is 12.5 Å². The number of hydrogen-bond acceptors (Lipinski definition) is 3. The van der Waals surface area contributed by atoms with E-state index in [-0.39, 0.29) is 0 Å². The summed E-state index contributed by atoms with van der Waals surface area (Å²) in [5.74, 6) is -0.00359. The Bertz CT molecular complexity index is 455. The normalized spacial score (nSPS) is 10.7. The summed E-state index contributed by atoms with van der Waals surface area (Å²) in [5.41, 5.74) is 0.365. The van der Waals surface area contributed by atoms with Gasteiger partial charge in [-0.3, -0.25) is 0 Å². The smallest absolute Gasteiger partial charge is 0.174 e. The van der Waals surface area contributed by atoms with E-state index in [1.807, 2.05) is 0 Å². The molecule has 0 N–H and O–H groups in total. The fourth-order valence-electron chi connectivity index (χ4n) is 1.08. The van der Waals surface area contributed by atoms with E-state index in [1.54, 1.807) is 6.07 Å². The highest BCUT2D eigenvalue weighted by Gasteiger charge is 2.12. The molecular weight excluding hydrogens is 241 g/mol. The lowest BCUT2D eigenvalue weighted by molar-refractivity contribution is 0.408. The Kier molecular flexibility index (Phi) is 1.95. The van der Waals surface area contributed by atoms with Gasteiger partial charge in [0, 0.05) is 12.1 Å². The third kappa shape index (κ3) is 1.29. The minimum Gasteiger partial charge on any atom is -0.497 e. The lowest BCUT2D eigenvalue weighted by Gasteiger charge is -1.98. The molecule has 0 bridgehead atoms. The van der Waals surface area contributed by atoms with Crippen LogP contribution < -0.4 is 4.74 Å². The molecule has 0 spiro atoms. The Labute approximate surface area is 81.6 Å². The lowest BCUT2D eigenvalue weighted by atomic mass is 10.2. The molecule has 1 aromatic carbocycles. The molecule has 0 fully saturated rings. The van der Waals surface area contributed by atoms with E-state index in [1.165, 1.54) is 13.2 Å². The van der Waals surface area contributed by atoms with Gasteiger partial charge < -0.3 is 9.26 Å². The lowest BCUT2D eigenvalue weighted by Crippen LogP contribution is -1.84. The highest BCUT2D eigenvalue weighted by atomic mass is 79.9. The third-order valence-corrected chi connectivity index (χ3v) is 2.23. The molecule has 0 saturated carbocycles. The SMILES string of the molecule is COc1cc(F)c2c(Br)noc2c1. The maximum Gasteiger partial charge on any atom is 0.174 e. The van der Waals surface area contributed by atoms with Gasteiger partial charge in [0.25, 0.3) is 0 Å². The first kappa shape index (κ1) is 8.50. The summed E-state index contributed by atoms with van der Waals surface area (Å²) in [5, 5.41) is 3.91. The fraction of sp³-hybridized carbons (Fsp3) is 0.125. The van der Waals surface area contributed by atoms with Crippen LogP contribution in [-0.4, -0.2) is 12.3 Å². The van der Waals surface area contributed by atoms with Gasteiger partial charge in [-0.1, -0.05) is 5.16 Å². The number of aromatic nitrogens is 1. The largest absolute Gasteiger partial charge is 0.497 e. The topological polar surface area (TPSA) is 35.3 Å². The van der Waals surface area contributed by atoms with Gasteiger partial charge in [-0.05, 0) is 15.9 Å². The number of halogens is 2. The number of benzene rings is 1. The van der Waals surface area contributed by atoms with Crippen molar-refractivity contribution in [3.8, 4) is 5.75 Å². The molecule has 0 amide bonds. The Morgan fingerprint density at radius 3 is 3.00 bits per heavy atom. The zero-order valence-corrected chi connectivity index (χ0v) is 8.26. The van der Waals surface area contributed by atoms with Gasteiger partial charge in [-0.2, -0.15) is 0 Å². The summed E-state index contributed by atoms with van der Waals surface area (Å²) >= 11 is 3.08. The van der Waals surface area contributed by atoms with E-state index in [4.69, 9.17) is 9.26 Å². The minimum absolute atomic E-state index is 0.334. The maximum atomic E-state index is 13.3. The molecule has 68 valence electrons. The average molecular weight is 246 g/mol. The van der Waals surface area contributed by atoms with Crippen LogP contribution in [0, 0.1) is 5.82 Å². The number of methoxy groups -OCH3 is 1. The number of nitrogens with zero attached hydrogens (tertiary/aromatic N) is 1. The van der Waals surface area contributed by atoms with E-state index in [2.05, 4.69) is 21.1 Å². The van der Waals surface area contributed by atoms with Crippen molar-refractivity contribution in [1.29, 1.82) is 0 Å². The molecule has 5 heteroatoms. The van der Waals surface area contributed by atoms with Crippen LogP contribution in [-0.2, 0) is 0 Å².